The number of non-ortho nitro benzene ring substituents is 1. The fourth-order valence-electron chi connectivity index (χ4n) is 2.49. The van der Waals surface area contributed by atoms with E-state index in [4.69, 9.17) is 0 Å². The Morgan fingerprint density at radius 1 is 1.32 bits per heavy atom. The maximum absolute atomic E-state index is 10.9. The van der Waals surface area contributed by atoms with E-state index >= 15 is 0 Å². The zero-order valence-corrected chi connectivity index (χ0v) is 10.6. The van der Waals surface area contributed by atoms with Gasteiger partial charge in [-0.1, -0.05) is 6.92 Å². The quantitative estimate of drug-likeness (QED) is 0.610. The Morgan fingerprint density at radius 3 is 2.68 bits per heavy atom. The molecule has 1 fully saturated rings. The number of rotatable bonds is 2. The topological polar surface area (TPSA) is 85.3 Å². The summed E-state index contributed by atoms with van der Waals surface area (Å²) in [6.45, 7) is 4.10. The third-order valence-corrected chi connectivity index (χ3v) is 3.69. The first-order valence-corrected chi connectivity index (χ1v) is 6.31. The number of nitro benzene ring substituents is 1. The van der Waals surface area contributed by atoms with Gasteiger partial charge in [0.05, 0.1) is 10.6 Å². The van der Waals surface area contributed by atoms with Crippen LogP contribution >= 0.6 is 0 Å². The number of nitrogens with zero attached hydrogens (tertiary/aromatic N) is 4. The van der Waals surface area contributed by atoms with E-state index in [-0.39, 0.29) is 11.2 Å². The van der Waals surface area contributed by atoms with Crippen molar-refractivity contribution in [2.24, 2.45) is 5.92 Å². The molecule has 1 aromatic heterocycles. The van der Waals surface area contributed by atoms with Crippen LogP contribution in [0.4, 0.5) is 11.4 Å². The molecule has 0 saturated carbocycles. The number of fused-ring (bicyclic) bond motifs is 1. The molecule has 0 aliphatic carbocycles. The van der Waals surface area contributed by atoms with Gasteiger partial charge in [0.15, 0.2) is 5.52 Å². The van der Waals surface area contributed by atoms with Gasteiger partial charge in [0.2, 0.25) is 5.52 Å². The highest BCUT2D eigenvalue weighted by molar-refractivity contribution is 5.93. The van der Waals surface area contributed by atoms with Crippen molar-refractivity contribution in [3.8, 4) is 0 Å². The van der Waals surface area contributed by atoms with E-state index < -0.39 is 4.92 Å². The van der Waals surface area contributed by atoms with Crippen LogP contribution in [0.1, 0.15) is 19.8 Å². The van der Waals surface area contributed by atoms with Crippen LogP contribution in [0.2, 0.25) is 0 Å². The Morgan fingerprint density at radius 2 is 2.00 bits per heavy atom. The van der Waals surface area contributed by atoms with Gasteiger partial charge in [-0.25, -0.2) is 4.63 Å². The monoisotopic (exact) mass is 262 g/mol. The Hall–Kier alpha value is -2.18. The first-order chi connectivity index (χ1) is 9.16. The maximum Gasteiger partial charge on any atom is 0.300 e. The van der Waals surface area contributed by atoms with Crippen LogP contribution in [0.3, 0.4) is 0 Å². The fourth-order valence-corrected chi connectivity index (χ4v) is 2.49. The molecule has 1 aliphatic rings. The highest BCUT2D eigenvalue weighted by atomic mass is 16.6. The van der Waals surface area contributed by atoms with Crippen LogP contribution in [0.15, 0.2) is 16.8 Å². The van der Waals surface area contributed by atoms with Crippen molar-refractivity contribution >= 4 is 22.4 Å². The van der Waals surface area contributed by atoms with Gasteiger partial charge in [-0.05, 0) is 35.1 Å². The Balaban J connectivity index is 2.03. The molecule has 0 atom stereocenters. The molecule has 0 N–H and O–H groups in total. The summed E-state index contributed by atoms with van der Waals surface area (Å²) in [6, 6.07) is 3.21. The van der Waals surface area contributed by atoms with Crippen LogP contribution in [0, 0.1) is 16.0 Å². The van der Waals surface area contributed by atoms with Crippen molar-refractivity contribution in [1.82, 2.24) is 10.3 Å². The SMILES string of the molecule is CC1CCN(c2ccc([N+](=O)[O-])c3nonc23)CC1. The molecule has 3 rings (SSSR count). The largest absolute Gasteiger partial charge is 0.370 e. The van der Waals surface area contributed by atoms with Gasteiger partial charge < -0.3 is 4.90 Å². The highest BCUT2D eigenvalue weighted by Crippen LogP contribution is 2.33. The Bertz CT molecular complexity index is 616. The zero-order chi connectivity index (χ0) is 13.4. The molecule has 100 valence electrons. The molecule has 0 amide bonds. The molecule has 0 radical (unpaired) electrons. The predicted molar refractivity (Wildman–Crippen MR) is 69.1 cm³/mol. The molecular formula is C12H14N4O3. The first-order valence-electron chi connectivity index (χ1n) is 6.31. The van der Waals surface area contributed by atoms with Gasteiger partial charge in [0.25, 0.3) is 0 Å². The van der Waals surface area contributed by atoms with Crippen molar-refractivity contribution in [3.63, 3.8) is 0 Å². The standard InChI is InChI=1S/C12H14N4O3/c1-8-4-6-15(7-5-8)9-2-3-10(16(17)18)12-11(9)13-19-14-12/h2-3,8H,4-7H2,1H3. The molecule has 7 nitrogen and oxygen atoms in total. The minimum absolute atomic E-state index is 0.0645. The maximum atomic E-state index is 10.9. The molecule has 2 aromatic rings. The number of piperidine rings is 1. The van der Waals surface area contributed by atoms with Crippen molar-refractivity contribution in [2.75, 3.05) is 18.0 Å². The first kappa shape index (κ1) is 11.9. The Kier molecular flexibility index (Phi) is 2.81. The van der Waals surface area contributed by atoms with E-state index in [1.165, 1.54) is 6.07 Å². The van der Waals surface area contributed by atoms with E-state index in [0.717, 1.165) is 37.5 Å². The van der Waals surface area contributed by atoms with Gasteiger partial charge in [-0.2, -0.15) is 0 Å². The smallest absolute Gasteiger partial charge is 0.300 e. The van der Waals surface area contributed by atoms with Gasteiger partial charge >= 0.3 is 5.69 Å². The van der Waals surface area contributed by atoms with E-state index in [1.54, 1.807) is 6.07 Å². The molecule has 0 unspecified atom stereocenters. The summed E-state index contributed by atoms with van der Waals surface area (Å²) in [5.74, 6) is 0.722. The van der Waals surface area contributed by atoms with Crippen molar-refractivity contribution < 1.29 is 9.55 Å². The van der Waals surface area contributed by atoms with Crippen LogP contribution < -0.4 is 4.90 Å². The van der Waals surface area contributed by atoms with Crippen molar-refractivity contribution in [2.45, 2.75) is 19.8 Å². The van der Waals surface area contributed by atoms with Crippen LogP contribution in [0.25, 0.3) is 11.0 Å². The van der Waals surface area contributed by atoms with E-state index in [9.17, 15) is 10.1 Å². The van der Waals surface area contributed by atoms with Crippen molar-refractivity contribution in [1.29, 1.82) is 0 Å². The summed E-state index contributed by atoms with van der Waals surface area (Å²) in [6.07, 6.45) is 2.23. The average molecular weight is 262 g/mol. The second-order valence-electron chi connectivity index (χ2n) is 4.99. The van der Waals surface area contributed by atoms with Gasteiger partial charge in [0.1, 0.15) is 0 Å². The van der Waals surface area contributed by atoms with Gasteiger partial charge in [-0.3, -0.25) is 10.1 Å². The third-order valence-electron chi connectivity index (χ3n) is 3.69. The molecule has 0 bridgehead atoms. The Labute approximate surface area is 109 Å². The number of anilines is 1. The zero-order valence-electron chi connectivity index (χ0n) is 10.6. The third kappa shape index (κ3) is 2.00. The molecular weight excluding hydrogens is 248 g/mol. The second-order valence-corrected chi connectivity index (χ2v) is 4.99. The molecule has 2 heterocycles. The fraction of sp³-hybridized carbons (Fsp3) is 0.500. The molecule has 1 saturated heterocycles. The lowest BCUT2D eigenvalue weighted by molar-refractivity contribution is -0.383. The summed E-state index contributed by atoms with van der Waals surface area (Å²) in [7, 11) is 0. The highest BCUT2D eigenvalue weighted by Gasteiger charge is 2.24. The van der Waals surface area contributed by atoms with E-state index in [0.29, 0.717) is 5.52 Å². The minimum Gasteiger partial charge on any atom is -0.370 e. The number of hydrogen-bond acceptors (Lipinski definition) is 6. The summed E-state index contributed by atoms with van der Waals surface area (Å²) in [4.78, 5) is 12.7. The molecule has 0 spiro atoms. The van der Waals surface area contributed by atoms with Crippen LogP contribution in [-0.2, 0) is 0 Å². The summed E-state index contributed by atoms with van der Waals surface area (Å²) >= 11 is 0. The predicted octanol–water partition coefficient (Wildman–Crippen LogP) is 2.37. The lowest BCUT2D eigenvalue weighted by Gasteiger charge is -2.31. The average Bonchev–Trinajstić information content (AvgIpc) is 2.87. The normalized spacial score (nSPS) is 17.0. The molecule has 7 heteroatoms. The minimum atomic E-state index is -0.464. The number of benzene rings is 1. The van der Waals surface area contributed by atoms with Crippen LogP contribution in [-0.4, -0.2) is 28.3 Å². The molecule has 19 heavy (non-hydrogen) atoms. The lowest BCUT2D eigenvalue weighted by atomic mass is 9.98. The summed E-state index contributed by atoms with van der Waals surface area (Å²) in [5, 5.41) is 18.4. The lowest BCUT2D eigenvalue weighted by Crippen LogP contribution is -2.32. The van der Waals surface area contributed by atoms with Crippen molar-refractivity contribution in [3.05, 3.63) is 22.2 Å². The number of nitro groups is 1. The molecule has 1 aliphatic heterocycles. The second kappa shape index (κ2) is 4.49. The van der Waals surface area contributed by atoms with Gasteiger partial charge in [0, 0.05) is 19.2 Å². The number of hydrogen-bond donors (Lipinski definition) is 0. The number of aromatic nitrogens is 2. The van der Waals surface area contributed by atoms with Gasteiger partial charge in [-0.15, -0.1) is 0 Å². The summed E-state index contributed by atoms with van der Waals surface area (Å²) < 4.78 is 4.68. The van der Waals surface area contributed by atoms with E-state index in [2.05, 4.69) is 26.8 Å². The van der Waals surface area contributed by atoms with Crippen LogP contribution in [0.5, 0.6) is 0 Å². The summed E-state index contributed by atoms with van der Waals surface area (Å²) in [5.41, 5.74) is 1.50. The molecule has 1 aromatic carbocycles. The van der Waals surface area contributed by atoms with E-state index in [1.807, 2.05) is 0 Å².